The van der Waals surface area contributed by atoms with E-state index < -0.39 is 0 Å². The molecular weight excluding hydrogens is 452 g/mol. The Hall–Kier alpha value is -2.71. The molecule has 1 aromatic heterocycles. The number of fused-ring (bicyclic) bond motifs is 1. The first-order valence-corrected chi connectivity index (χ1v) is 12.3. The average Bonchev–Trinajstić information content (AvgIpc) is 2.79. The van der Waals surface area contributed by atoms with Crippen molar-refractivity contribution < 1.29 is 9.59 Å². The van der Waals surface area contributed by atoms with Crippen LogP contribution in [0.1, 0.15) is 57.1 Å². The highest BCUT2D eigenvalue weighted by Gasteiger charge is 2.35. The van der Waals surface area contributed by atoms with Gasteiger partial charge in [0.15, 0.2) is 0 Å². The second-order valence-electron chi connectivity index (χ2n) is 9.61. The van der Waals surface area contributed by atoms with Crippen molar-refractivity contribution in [2.45, 2.75) is 58.0 Å². The van der Waals surface area contributed by atoms with Crippen molar-refractivity contribution in [1.82, 2.24) is 20.2 Å². The number of halogens is 1. The summed E-state index contributed by atoms with van der Waals surface area (Å²) in [6.07, 6.45) is 1.93. The lowest BCUT2D eigenvalue weighted by Gasteiger charge is -2.43. The van der Waals surface area contributed by atoms with Gasteiger partial charge in [-0.3, -0.25) is 9.59 Å². The number of aromatic nitrogens is 2. The zero-order valence-corrected chi connectivity index (χ0v) is 21.0. The summed E-state index contributed by atoms with van der Waals surface area (Å²) in [6.45, 7) is 10.8. The first kappa shape index (κ1) is 24.4. The van der Waals surface area contributed by atoms with E-state index in [2.05, 4.69) is 46.3 Å². The molecule has 182 valence electrons. The van der Waals surface area contributed by atoms with Gasteiger partial charge in [-0.1, -0.05) is 44.5 Å². The lowest BCUT2D eigenvalue weighted by molar-refractivity contribution is -0.135. The van der Waals surface area contributed by atoms with Crippen LogP contribution >= 0.6 is 11.6 Å². The Morgan fingerprint density at radius 2 is 1.94 bits per heavy atom. The summed E-state index contributed by atoms with van der Waals surface area (Å²) in [5, 5.41) is 6.96. The van der Waals surface area contributed by atoms with Gasteiger partial charge in [0.1, 0.15) is 18.0 Å². The van der Waals surface area contributed by atoms with Crippen LogP contribution in [-0.2, 0) is 9.59 Å². The number of hydrogen-bond acceptors (Lipinski definition) is 6. The number of carbonyl (C=O) groups excluding carboxylic acids is 2. The van der Waals surface area contributed by atoms with E-state index in [1.54, 1.807) is 0 Å². The van der Waals surface area contributed by atoms with Gasteiger partial charge in [0.2, 0.25) is 11.8 Å². The summed E-state index contributed by atoms with van der Waals surface area (Å²) in [4.78, 5) is 38.7. The fourth-order valence-corrected chi connectivity index (χ4v) is 4.95. The predicted molar refractivity (Wildman–Crippen MR) is 134 cm³/mol. The second kappa shape index (κ2) is 10.3. The van der Waals surface area contributed by atoms with Gasteiger partial charge in [-0.25, -0.2) is 9.97 Å². The fraction of sp³-hybridized carbons (Fsp3) is 0.520. The Morgan fingerprint density at radius 3 is 2.62 bits per heavy atom. The van der Waals surface area contributed by atoms with Crippen molar-refractivity contribution in [3.8, 4) is 0 Å². The first-order chi connectivity index (χ1) is 16.2. The molecule has 4 rings (SSSR count). The molecule has 2 amide bonds. The van der Waals surface area contributed by atoms with E-state index in [1.807, 2.05) is 36.1 Å². The van der Waals surface area contributed by atoms with Gasteiger partial charge in [0.05, 0.1) is 5.92 Å². The van der Waals surface area contributed by atoms with E-state index >= 15 is 0 Å². The summed E-state index contributed by atoms with van der Waals surface area (Å²) >= 11 is 6.09. The van der Waals surface area contributed by atoms with Gasteiger partial charge in [-0.2, -0.15) is 0 Å². The van der Waals surface area contributed by atoms with E-state index in [4.69, 9.17) is 11.6 Å². The second-order valence-corrected chi connectivity index (χ2v) is 10.0. The molecule has 3 atom stereocenters. The minimum absolute atomic E-state index is 0.00852. The molecule has 0 saturated carbocycles. The maximum absolute atomic E-state index is 13.7. The van der Waals surface area contributed by atoms with Gasteiger partial charge in [-0.05, 0) is 30.5 Å². The maximum Gasteiger partial charge on any atom is 0.231 e. The number of nitrogens with one attached hydrogen (secondary N) is 2. The van der Waals surface area contributed by atoms with E-state index in [-0.39, 0.29) is 35.7 Å². The third-order valence-electron chi connectivity index (χ3n) is 6.62. The van der Waals surface area contributed by atoms with Crippen LogP contribution in [0.3, 0.4) is 0 Å². The molecule has 2 aromatic rings. The zero-order chi connectivity index (χ0) is 24.4. The lowest BCUT2D eigenvalue weighted by atomic mass is 9.93. The average molecular weight is 485 g/mol. The first-order valence-electron chi connectivity index (χ1n) is 11.9. The molecule has 9 heteroatoms. The molecule has 2 aliphatic heterocycles. The van der Waals surface area contributed by atoms with Crippen LogP contribution in [0, 0.1) is 0 Å². The highest BCUT2D eigenvalue weighted by Crippen LogP contribution is 2.37. The third-order valence-corrected chi connectivity index (χ3v) is 6.87. The minimum atomic E-state index is -0.282. The lowest BCUT2D eigenvalue weighted by Crippen LogP contribution is -2.56. The number of carbonyl (C=O) groups is 2. The Morgan fingerprint density at radius 1 is 1.21 bits per heavy atom. The van der Waals surface area contributed by atoms with Crippen LogP contribution < -0.4 is 15.5 Å². The largest absolute Gasteiger partial charge is 0.352 e. The molecule has 1 aromatic carbocycles. The smallest absolute Gasteiger partial charge is 0.231 e. The van der Waals surface area contributed by atoms with Crippen LogP contribution in [0.4, 0.5) is 11.6 Å². The SMILES string of the molecule is CC(C)NC[C@@H](C(=O)N1CCN(c2ncnc3c2[C@H](C)CC(=O)N3)C[C@@H]1C)c1ccc(Cl)cc1. The number of hydrogen-bond donors (Lipinski definition) is 2. The maximum atomic E-state index is 13.7. The zero-order valence-electron chi connectivity index (χ0n) is 20.2. The fourth-order valence-electron chi connectivity index (χ4n) is 4.83. The number of anilines is 2. The Labute approximate surface area is 206 Å². The number of nitrogens with zero attached hydrogens (tertiary/aromatic N) is 4. The molecule has 1 fully saturated rings. The van der Waals surface area contributed by atoms with Gasteiger partial charge in [0.25, 0.3) is 0 Å². The quantitative estimate of drug-likeness (QED) is 0.653. The molecule has 34 heavy (non-hydrogen) atoms. The molecule has 2 aliphatic rings. The van der Waals surface area contributed by atoms with E-state index in [0.717, 1.165) is 16.9 Å². The number of amides is 2. The van der Waals surface area contributed by atoms with Crippen LogP contribution in [0.15, 0.2) is 30.6 Å². The number of benzene rings is 1. The summed E-state index contributed by atoms with van der Waals surface area (Å²) in [7, 11) is 0. The van der Waals surface area contributed by atoms with E-state index in [1.165, 1.54) is 6.33 Å². The molecule has 2 N–H and O–H groups in total. The molecule has 3 heterocycles. The van der Waals surface area contributed by atoms with E-state index in [9.17, 15) is 9.59 Å². The van der Waals surface area contributed by atoms with Gasteiger partial charge in [-0.15, -0.1) is 0 Å². The van der Waals surface area contributed by atoms with E-state index in [0.29, 0.717) is 43.4 Å². The molecule has 8 nitrogen and oxygen atoms in total. The van der Waals surface area contributed by atoms with Crippen molar-refractivity contribution in [2.75, 3.05) is 36.4 Å². The van der Waals surface area contributed by atoms with Crippen LogP contribution in [-0.4, -0.2) is 64.9 Å². The highest BCUT2D eigenvalue weighted by molar-refractivity contribution is 6.30. The summed E-state index contributed by atoms with van der Waals surface area (Å²) in [6, 6.07) is 7.85. The molecular formula is C25H33ClN6O2. The predicted octanol–water partition coefficient (Wildman–Crippen LogP) is 3.39. The van der Waals surface area contributed by atoms with Crippen LogP contribution in [0.25, 0.3) is 0 Å². The van der Waals surface area contributed by atoms with Crippen LogP contribution in [0.2, 0.25) is 5.02 Å². The molecule has 0 aliphatic carbocycles. The summed E-state index contributed by atoms with van der Waals surface area (Å²) in [5.41, 5.74) is 1.95. The normalized spacial score (nSPS) is 21.3. The topological polar surface area (TPSA) is 90.5 Å². The Kier molecular flexibility index (Phi) is 7.38. The van der Waals surface area contributed by atoms with Gasteiger partial charge in [0, 0.05) is 55.3 Å². The summed E-state index contributed by atoms with van der Waals surface area (Å²) in [5.74, 6) is 1.32. The third kappa shape index (κ3) is 5.18. The standard InChI is InChI=1S/C25H33ClN6O2/c1-15(2)27-12-20(18-5-7-19(26)8-6-18)25(34)32-10-9-31(13-17(32)4)24-22-16(3)11-21(33)30-23(22)28-14-29-24/h5-8,14-17,20,27H,9-13H2,1-4H3,(H,28,29,30,33)/t16-,17+,20-/m1/s1. The van der Waals surface area contributed by atoms with Crippen molar-refractivity contribution >= 4 is 35.1 Å². The van der Waals surface area contributed by atoms with Gasteiger partial charge < -0.3 is 20.4 Å². The molecule has 0 radical (unpaired) electrons. The van der Waals surface area contributed by atoms with Crippen LogP contribution in [0.5, 0.6) is 0 Å². The Balaban J connectivity index is 1.52. The molecule has 0 bridgehead atoms. The molecule has 0 unspecified atom stereocenters. The number of rotatable bonds is 6. The van der Waals surface area contributed by atoms with Crippen molar-refractivity contribution in [2.24, 2.45) is 0 Å². The van der Waals surface area contributed by atoms with Crippen molar-refractivity contribution in [3.63, 3.8) is 0 Å². The number of piperazine rings is 1. The molecule has 1 saturated heterocycles. The van der Waals surface area contributed by atoms with Gasteiger partial charge >= 0.3 is 0 Å². The molecule has 0 spiro atoms. The summed E-state index contributed by atoms with van der Waals surface area (Å²) < 4.78 is 0. The highest BCUT2D eigenvalue weighted by atomic mass is 35.5. The Bertz CT molecular complexity index is 1040. The monoisotopic (exact) mass is 484 g/mol. The van der Waals surface area contributed by atoms with Crippen molar-refractivity contribution in [3.05, 3.63) is 46.7 Å². The van der Waals surface area contributed by atoms with Crippen molar-refractivity contribution in [1.29, 1.82) is 0 Å². The minimum Gasteiger partial charge on any atom is -0.352 e.